The van der Waals surface area contributed by atoms with E-state index in [2.05, 4.69) is 36.7 Å². The van der Waals surface area contributed by atoms with Crippen LogP contribution in [0.4, 0.5) is 0 Å². The topological polar surface area (TPSA) is 66.8 Å². The van der Waals surface area contributed by atoms with Crippen LogP contribution in [0.15, 0.2) is 52.5 Å². The summed E-state index contributed by atoms with van der Waals surface area (Å²) >= 11 is 3.47. The summed E-state index contributed by atoms with van der Waals surface area (Å²) in [6.07, 6.45) is 0.691. The fourth-order valence-corrected chi connectivity index (χ4v) is 4.37. The maximum atomic E-state index is 13.2. The molecule has 5 nitrogen and oxygen atoms in total. The highest BCUT2D eigenvalue weighted by atomic mass is 79.9. The van der Waals surface area contributed by atoms with E-state index in [-0.39, 0.29) is 22.9 Å². The number of ether oxygens (including phenoxy) is 1. The van der Waals surface area contributed by atoms with E-state index in [9.17, 15) is 14.7 Å². The Bertz CT molecular complexity index is 1100. The summed E-state index contributed by atoms with van der Waals surface area (Å²) in [6.45, 7) is 13.1. The number of rotatable bonds is 7. The summed E-state index contributed by atoms with van der Waals surface area (Å²) < 4.78 is 6.54. The Morgan fingerprint density at radius 1 is 1.12 bits per heavy atom. The summed E-state index contributed by atoms with van der Waals surface area (Å²) in [5, 5.41) is 11.2. The van der Waals surface area contributed by atoms with E-state index >= 15 is 0 Å². The predicted octanol–water partition coefficient (Wildman–Crippen LogP) is 6.29. The molecule has 0 aliphatic carbocycles. The summed E-state index contributed by atoms with van der Waals surface area (Å²) in [4.78, 5) is 27.8. The van der Waals surface area contributed by atoms with E-state index in [1.165, 1.54) is 0 Å². The molecule has 0 radical (unpaired) electrons. The first-order valence-electron chi connectivity index (χ1n) is 11.7. The minimum absolute atomic E-state index is 0.0243. The van der Waals surface area contributed by atoms with Gasteiger partial charge in [-0.1, -0.05) is 67.0 Å². The van der Waals surface area contributed by atoms with Crippen LogP contribution in [0.1, 0.15) is 69.3 Å². The van der Waals surface area contributed by atoms with Gasteiger partial charge in [-0.15, -0.1) is 0 Å². The van der Waals surface area contributed by atoms with Crippen molar-refractivity contribution in [2.75, 3.05) is 13.2 Å². The summed E-state index contributed by atoms with van der Waals surface area (Å²) in [6, 6.07) is 12.7. The van der Waals surface area contributed by atoms with Crippen LogP contribution in [0, 0.1) is 6.92 Å². The zero-order chi connectivity index (χ0) is 25.2. The van der Waals surface area contributed by atoms with Gasteiger partial charge < -0.3 is 14.7 Å². The van der Waals surface area contributed by atoms with Gasteiger partial charge in [-0.05, 0) is 61.4 Å². The average molecular weight is 528 g/mol. The number of carbonyl (C=O) groups is 2. The van der Waals surface area contributed by atoms with Crippen molar-refractivity contribution in [3.63, 3.8) is 0 Å². The van der Waals surface area contributed by atoms with Gasteiger partial charge >= 0.3 is 0 Å². The molecule has 1 fully saturated rings. The van der Waals surface area contributed by atoms with Crippen molar-refractivity contribution < 1.29 is 19.4 Å². The molecule has 1 atom stereocenters. The number of likely N-dealkylation sites (tertiary alicyclic amines) is 1. The normalized spacial score (nSPS) is 18.2. The van der Waals surface area contributed by atoms with Crippen molar-refractivity contribution in [1.29, 1.82) is 0 Å². The van der Waals surface area contributed by atoms with Gasteiger partial charge in [0.2, 0.25) is 0 Å². The van der Waals surface area contributed by atoms with E-state index in [0.29, 0.717) is 25.1 Å². The van der Waals surface area contributed by atoms with Gasteiger partial charge in [0.1, 0.15) is 5.76 Å². The third kappa shape index (κ3) is 5.61. The molecular weight excluding hydrogens is 494 g/mol. The second-order valence-electron chi connectivity index (χ2n) is 10.1. The number of nitrogens with zero attached hydrogens (tertiary/aromatic N) is 1. The molecule has 182 valence electrons. The number of aliphatic hydroxyl groups excluding tert-OH is 1. The highest BCUT2D eigenvalue weighted by molar-refractivity contribution is 9.10. The molecule has 2 aromatic rings. The lowest BCUT2D eigenvalue weighted by Crippen LogP contribution is -2.31. The highest BCUT2D eigenvalue weighted by Crippen LogP contribution is 2.40. The van der Waals surface area contributed by atoms with Gasteiger partial charge in [-0.2, -0.15) is 0 Å². The van der Waals surface area contributed by atoms with Crippen molar-refractivity contribution in [3.8, 4) is 0 Å². The number of Topliss-reactive ketones (excluding diaryl/α,β-unsaturated/α-hetero) is 1. The Labute approximate surface area is 210 Å². The summed E-state index contributed by atoms with van der Waals surface area (Å²) in [7, 11) is 0. The largest absolute Gasteiger partial charge is 0.507 e. The zero-order valence-corrected chi connectivity index (χ0v) is 22.4. The molecule has 1 unspecified atom stereocenters. The van der Waals surface area contributed by atoms with E-state index in [0.717, 1.165) is 21.2 Å². The van der Waals surface area contributed by atoms with E-state index < -0.39 is 17.7 Å². The second-order valence-corrected chi connectivity index (χ2v) is 11.0. The fourth-order valence-electron chi connectivity index (χ4n) is 4.12. The lowest BCUT2D eigenvalue weighted by atomic mass is 9.85. The number of amides is 1. The smallest absolute Gasteiger partial charge is 0.295 e. The van der Waals surface area contributed by atoms with Crippen LogP contribution in [-0.2, 0) is 19.7 Å². The molecule has 0 spiro atoms. The number of carbonyl (C=O) groups excluding carboxylic acids is 2. The number of halogens is 1. The number of hydrogen-bond donors (Lipinski definition) is 1. The van der Waals surface area contributed by atoms with Gasteiger partial charge in [0.15, 0.2) is 0 Å². The molecule has 0 aromatic heterocycles. The molecule has 6 heteroatoms. The van der Waals surface area contributed by atoms with Gasteiger partial charge in [0.05, 0.1) is 17.7 Å². The van der Waals surface area contributed by atoms with Crippen molar-refractivity contribution in [2.24, 2.45) is 0 Å². The fraction of sp³-hybridized carbons (Fsp3) is 0.429. The molecule has 2 aromatic carbocycles. The van der Waals surface area contributed by atoms with Gasteiger partial charge in [0.25, 0.3) is 11.7 Å². The van der Waals surface area contributed by atoms with Crippen molar-refractivity contribution >= 4 is 33.4 Å². The molecule has 1 heterocycles. The quantitative estimate of drug-likeness (QED) is 0.199. The van der Waals surface area contributed by atoms with Crippen molar-refractivity contribution in [1.82, 2.24) is 4.90 Å². The molecule has 1 saturated heterocycles. The van der Waals surface area contributed by atoms with E-state index in [1.54, 1.807) is 11.0 Å². The SMILES string of the molecule is Cc1cc(/C(O)=C2/C(=O)C(=O)N(CCCOC(C)C)C2c2ccc(C(C)(C)C)cc2)ccc1Br. The molecule has 1 aliphatic rings. The summed E-state index contributed by atoms with van der Waals surface area (Å²) in [5.74, 6) is -1.41. The standard InChI is InChI=1S/C28H34BrNO4/c1-17(2)34-15-7-14-30-24(19-8-11-21(12-9-19)28(4,5)6)23(26(32)27(30)33)25(31)20-10-13-22(29)18(3)16-20/h8-13,16-17,24,31H,7,14-15H2,1-6H3/b25-23-. The Morgan fingerprint density at radius 3 is 2.32 bits per heavy atom. The van der Waals surface area contributed by atoms with Crippen LogP contribution < -0.4 is 0 Å². The Hall–Kier alpha value is -2.44. The van der Waals surface area contributed by atoms with E-state index in [4.69, 9.17) is 4.74 Å². The Balaban J connectivity index is 2.07. The number of aliphatic hydroxyl groups is 1. The molecule has 1 N–H and O–H groups in total. The zero-order valence-electron chi connectivity index (χ0n) is 20.8. The first kappa shape index (κ1) is 26.2. The van der Waals surface area contributed by atoms with Crippen LogP contribution in [0.3, 0.4) is 0 Å². The Morgan fingerprint density at radius 2 is 1.76 bits per heavy atom. The number of aryl methyl sites for hydroxylation is 1. The second kappa shape index (κ2) is 10.4. The highest BCUT2D eigenvalue weighted by Gasteiger charge is 2.45. The van der Waals surface area contributed by atoms with Gasteiger partial charge in [-0.3, -0.25) is 9.59 Å². The maximum absolute atomic E-state index is 13.2. The van der Waals surface area contributed by atoms with Crippen LogP contribution in [0.5, 0.6) is 0 Å². The van der Waals surface area contributed by atoms with E-state index in [1.807, 2.05) is 57.2 Å². The molecular formula is C28H34BrNO4. The number of benzene rings is 2. The molecule has 3 rings (SSSR count). The first-order chi connectivity index (χ1) is 15.9. The third-order valence-electron chi connectivity index (χ3n) is 6.06. The maximum Gasteiger partial charge on any atom is 0.295 e. The van der Waals surface area contributed by atoms with Crippen molar-refractivity contribution in [3.05, 3.63) is 74.8 Å². The lowest BCUT2D eigenvalue weighted by Gasteiger charge is -2.26. The predicted molar refractivity (Wildman–Crippen MR) is 139 cm³/mol. The van der Waals surface area contributed by atoms with Crippen LogP contribution in [0.25, 0.3) is 5.76 Å². The van der Waals surface area contributed by atoms with Crippen LogP contribution in [0.2, 0.25) is 0 Å². The molecule has 1 amide bonds. The minimum Gasteiger partial charge on any atom is -0.507 e. The molecule has 0 saturated carbocycles. The van der Waals surface area contributed by atoms with Gasteiger partial charge in [0, 0.05) is 23.2 Å². The van der Waals surface area contributed by atoms with Crippen molar-refractivity contribution in [2.45, 2.75) is 65.5 Å². The lowest BCUT2D eigenvalue weighted by molar-refractivity contribution is -0.140. The average Bonchev–Trinajstić information content (AvgIpc) is 3.02. The number of hydrogen-bond acceptors (Lipinski definition) is 4. The van der Waals surface area contributed by atoms with Gasteiger partial charge in [-0.25, -0.2) is 0 Å². The molecule has 0 bridgehead atoms. The summed E-state index contributed by atoms with van der Waals surface area (Å²) in [5.41, 5.74) is 3.49. The molecule has 1 aliphatic heterocycles. The minimum atomic E-state index is -0.659. The Kier molecular flexibility index (Phi) is 8.04. The number of ketones is 1. The van der Waals surface area contributed by atoms with Crippen LogP contribution in [-0.4, -0.2) is 41.0 Å². The molecule has 34 heavy (non-hydrogen) atoms. The van der Waals surface area contributed by atoms with Crippen LogP contribution >= 0.6 is 15.9 Å². The third-order valence-corrected chi connectivity index (χ3v) is 6.95. The first-order valence-corrected chi connectivity index (χ1v) is 12.5. The monoisotopic (exact) mass is 527 g/mol.